The van der Waals surface area contributed by atoms with Crippen LogP contribution in [0.15, 0.2) is 20.4 Å². The summed E-state index contributed by atoms with van der Waals surface area (Å²) in [7, 11) is 0. The summed E-state index contributed by atoms with van der Waals surface area (Å²) in [6.45, 7) is 2.34. The monoisotopic (exact) mass is 452 g/mol. The van der Waals surface area contributed by atoms with Gasteiger partial charge in [-0.25, -0.2) is 0 Å². The first-order valence-electron chi connectivity index (χ1n) is 9.77. The molecule has 2 aromatic heterocycles. The molecule has 27 heavy (non-hydrogen) atoms. The van der Waals surface area contributed by atoms with Crippen LogP contribution >= 0.6 is 27.3 Å². The normalized spacial score (nSPS) is 22.0. The third-order valence-electron chi connectivity index (χ3n) is 5.44. The number of hydrogen-bond donors (Lipinski definition) is 1. The van der Waals surface area contributed by atoms with Crippen molar-refractivity contribution in [1.29, 1.82) is 0 Å². The molecule has 0 aromatic carbocycles. The zero-order valence-electron chi connectivity index (χ0n) is 15.3. The summed E-state index contributed by atoms with van der Waals surface area (Å²) in [5.74, 6) is 1.53. The lowest BCUT2D eigenvalue weighted by Gasteiger charge is -2.32. The molecule has 1 aliphatic carbocycles. The van der Waals surface area contributed by atoms with Crippen molar-refractivity contribution in [2.24, 2.45) is 5.92 Å². The van der Waals surface area contributed by atoms with E-state index in [1.165, 1.54) is 19.3 Å². The molecule has 8 heteroatoms. The second kappa shape index (κ2) is 8.84. The van der Waals surface area contributed by atoms with E-state index in [1.54, 1.807) is 11.3 Å². The fraction of sp³-hybridized carbons (Fsp3) is 0.632. The Morgan fingerprint density at radius 2 is 2.15 bits per heavy atom. The first-order chi connectivity index (χ1) is 13.2. The van der Waals surface area contributed by atoms with Crippen molar-refractivity contribution >= 4 is 33.2 Å². The minimum atomic E-state index is 0.0660. The van der Waals surface area contributed by atoms with Crippen molar-refractivity contribution in [2.45, 2.75) is 57.5 Å². The maximum Gasteiger partial charge on any atom is 0.241 e. The van der Waals surface area contributed by atoms with Gasteiger partial charge in [0.05, 0.1) is 17.3 Å². The first kappa shape index (κ1) is 19.1. The van der Waals surface area contributed by atoms with Gasteiger partial charge in [-0.3, -0.25) is 9.69 Å². The molecule has 2 aromatic rings. The number of amides is 1. The Balaban J connectivity index is 1.32. The van der Waals surface area contributed by atoms with Gasteiger partial charge in [-0.2, -0.15) is 4.98 Å². The second-order valence-electron chi connectivity index (χ2n) is 7.56. The van der Waals surface area contributed by atoms with Gasteiger partial charge in [0.25, 0.3) is 0 Å². The highest BCUT2D eigenvalue weighted by atomic mass is 79.9. The standard InChI is InChI=1S/C19H25BrN4O2S/c20-14-9-16(27-12-14)18-22-17(26-23-18)11-24-8-4-5-13(10-24)19(25)21-15-6-2-1-3-7-15/h9,12-13,15H,1-8,10-11H2,(H,21,25). The molecule has 1 saturated carbocycles. The van der Waals surface area contributed by atoms with Crippen LogP contribution in [-0.2, 0) is 11.3 Å². The highest BCUT2D eigenvalue weighted by Gasteiger charge is 2.28. The van der Waals surface area contributed by atoms with E-state index in [0.29, 0.717) is 24.3 Å². The summed E-state index contributed by atoms with van der Waals surface area (Å²) in [4.78, 5) is 20.4. The topological polar surface area (TPSA) is 71.3 Å². The van der Waals surface area contributed by atoms with E-state index in [4.69, 9.17) is 4.52 Å². The van der Waals surface area contributed by atoms with Gasteiger partial charge in [-0.1, -0.05) is 24.4 Å². The minimum Gasteiger partial charge on any atom is -0.353 e. The Bertz CT molecular complexity index is 771. The first-order valence-corrected chi connectivity index (χ1v) is 11.4. The quantitative estimate of drug-likeness (QED) is 0.734. The van der Waals surface area contributed by atoms with Crippen LogP contribution in [-0.4, -0.2) is 40.1 Å². The molecule has 6 nitrogen and oxygen atoms in total. The molecule has 146 valence electrons. The predicted molar refractivity (Wildman–Crippen MR) is 108 cm³/mol. The van der Waals surface area contributed by atoms with Crippen LogP contribution in [0.2, 0.25) is 0 Å². The number of nitrogens with zero attached hydrogens (tertiary/aromatic N) is 3. The predicted octanol–water partition coefficient (Wildman–Crippen LogP) is 4.22. The van der Waals surface area contributed by atoms with Crippen LogP contribution in [0.3, 0.4) is 0 Å². The largest absolute Gasteiger partial charge is 0.353 e. The van der Waals surface area contributed by atoms with E-state index < -0.39 is 0 Å². The van der Waals surface area contributed by atoms with Crippen molar-refractivity contribution in [3.63, 3.8) is 0 Å². The number of hydrogen-bond acceptors (Lipinski definition) is 6. The van der Waals surface area contributed by atoms with Crippen LogP contribution in [0.5, 0.6) is 0 Å². The summed E-state index contributed by atoms with van der Waals surface area (Å²) < 4.78 is 6.46. The molecule has 1 aliphatic heterocycles. The molecule has 0 radical (unpaired) electrons. The number of carbonyl (C=O) groups is 1. The average Bonchev–Trinajstić information content (AvgIpc) is 3.32. The van der Waals surface area contributed by atoms with Gasteiger partial charge in [-0.05, 0) is 54.2 Å². The number of carbonyl (C=O) groups excluding carboxylic acids is 1. The number of thiophene rings is 1. The molecule has 1 saturated heterocycles. The van der Waals surface area contributed by atoms with Crippen LogP contribution in [0.25, 0.3) is 10.7 Å². The Morgan fingerprint density at radius 1 is 1.30 bits per heavy atom. The van der Waals surface area contributed by atoms with E-state index in [9.17, 15) is 4.79 Å². The van der Waals surface area contributed by atoms with Gasteiger partial charge >= 0.3 is 0 Å². The highest BCUT2D eigenvalue weighted by molar-refractivity contribution is 9.10. The third-order valence-corrected chi connectivity index (χ3v) is 7.13. The van der Waals surface area contributed by atoms with Gasteiger partial charge in [0.1, 0.15) is 0 Å². The Morgan fingerprint density at radius 3 is 2.93 bits per heavy atom. The molecular weight excluding hydrogens is 428 g/mol. The Hall–Kier alpha value is -1.25. The molecule has 1 unspecified atom stereocenters. The summed E-state index contributed by atoms with van der Waals surface area (Å²) in [5, 5.41) is 9.38. The van der Waals surface area contributed by atoms with Crippen molar-refractivity contribution < 1.29 is 9.32 Å². The molecule has 4 rings (SSSR count). The van der Waals surface area contributed by atoms with E-state index in [1.807, 2.05) is 11.4 Å². The number of rotatable bonds is 5. The maximum absolute atomic E-state index is 12.7. The van der Waals surface area contributed by atoms with E-state index >= 15 is 0 Å². The second-order valence-corrected chi connectivity index (χ2v) is 9.39. The lowest BCUT2D eigenvalue weighted by Crippen LogP contribution is -2.46. The van der Waals surface area contributed by atoms with Crippen molar-refractivity contribution in [1.82, 2.24) is 20.4 Å². The van der Waals surface area contributed by atoms with Crippen molar-refractivity contribution in [2.75, 3.05) is 13.1 Å². The van der Waals surface area contributed by atoms with Gasteiger partial charge in [0, 0.05) is 22.4 Å². The zero-order chi connectivity index (χ0) is 18.6. The number of nitrogens with one attached hydrogen (secondary N) is 1. The highest BCUT2D eigenvalue weighted by Crippen LogP contribution is 2.28. The number of aromatic nitrogens is 2. The van der Waals surface area contributed by atoms with Crippen LogP contribution in [0.1, 0.15) is 50.8 Å². The number of piperidine rings is 1. The Kier molecular flexibility index (Phi) is 6.24. The molecule has 1 atom stereocenters. The van der Waals surface area contributed by atoms with Crippen molar-refractivity contribution in [3.05, 3.63) is 21.8 Å². The number of likely N-dealkylation sites (tertiary alicyclic amines) is 1. The molecule has 1 N–H and O–H groups in total. The van der Waals surface area contributed by atoms with Gasteiger partial charge in [-0.15, -0.1) is 11.3 Å². The molecular formula is C19H25BrN4O2S. The van der Waals surface area contributed by atoms with E-state index in [0.717, 1.165) is 48.1 Å². The summed E-state index contributed by atoms with van der Waals surface area (Å²) in [6.07, 6.45) is 8.04. The summed E-state index contributed by atoms with van der Waals surface area (Å²) in [5.41, 5.74) is 0. The van der Waals surface area contributed by atoms with E-state index in [-0.39, 0.29) is 11.8 Å². The number of halogens is 1. The van der Waals surface area contributed by atoms with Crippen molar-refractivity contribution in [3.8, 4) is 10.7 Å². The molecule has 2 fully saturated rings. The molecule has 0 spiro atoms. The smallest absolute Gasteiger partial charge is 0.241 e. The lowest BCUT2D eigenvalue weighted by molar-refractivity contribution is -0.127. The zero-order valence-corrected chi connectivity index (χ0v) is 17.7. The maximum atomic E-state index is 12.7. The SMILES string of the molecule is O=C(NC1CCCCC1)C1CCCN(Cc2nc(-c3cc(Br)cs3)no2)C1. The van der Waals surface area contributed by atoms with Gasteiger partial charge in [0.15, 0.2) is 0 Å². The average molecular weight is 453 g/mol. The summed E-state index contributed by atoms with van der Waals surface area (Å²) >= 11 is 5.03. The molecule has 1 amide bonds. The molecule has 3 heterocycles. The van der Waals surface area contributed by atoms with E-state index in [2.05, 4.69) is 36.3 Å². The van der Waals surface area contributed by atoms with Gasteiger partial charge in [0.2, 0.25) is 17.6 Å². The lowest BCUT2D eigenvalue weighted by atomic mass is 9.93. The molecule has 0 bridgehead atoms. The molecule has 2 aliphatic rings. The Labute approximate surface area is 171 Å². The fourth-order valence-corrected chi connectivity index (χ4v) is 5.37. The van der Waals surface area contributed by atoms with Crippen LogP contribution in [0, 0.1) is 5.92 Å². The van der Waals surface area contributed by atoms with Crippen LogP contribution in [0.4, 0.5) is 0 Å². The van der Waals surface area contributed by atoms with Crippen LogP contribution < -0.4 is 5.32 Å². The third kappa shape index (κ3) is 4.97. The minimum absolute atomic E-state index is 0.0660. The summed E-state index contributed by atoms with van der Waals surface area (Å²) in [6, 6.07) is 2.37. The fourth-order valence-electron chi connectivity index (χ4n) is 4.02. The van der Waals surface area contributed by atoms with Gasteiger partial charge < -0.3 is 9.84 Å².